The summed E-state index contributed by atoms with van der Waals surface area (Å²) in [5.74, 6) is 0.946. The first-order valence-corrected chi connectivity index (χ1v) is 6.49. The molecule has 0 radical (unpaired) electrons. The van der Waals surface area contributed by atoms with Crippen molar-refractivity contribution in [3.8, 4) is 5.75 Å². The Morgan fingerprint density at radius 2 is 1.89 bits per heavy atom. The van der Waals surface area contributed by atoms with Crippen LogP contribution in [0.5, 0.6) is 5.75 Å². The molecular formula is C13H21IN2OS. The summed E-state index contributed by atoms with van der Waals surface area (Å²) in [6.45, 7) is 2.70. The van der Waals surface area contributed by atoms with Gasteiger partial charge < -0.3 is 28.7 Å². The van der Waals surface area contributed by atoms with Crippen molar-refractivity contribution in [2.24, 2.45) is 0 Å². The minimum atomic E-state index is 0. The Morgan fingerprint density at radius 1 is 1.28 bits per heavy atom. The van der Waals surface area contributed by atoms with Gasteiger partial charge >= 0.3 is 5.17 Å². The lowest BCUT2D eigenvalue weighted by Crippen LogP contribution is -3.00. The molecule has 0 aromatic heterocycles. The van der Waals surface area contributed by atoms with Crippen LogP contribution in [-0.4, -0.2) is 49.4 Å². The lowest BCUT2D eigenvalue weighted by molar-refractivity contribution is -0.466. The molecule has 0 N–H and O–H groups in total. The van der Waals surface area contributed by atoms with Gasteiger partial charge in [0, 0.05) is 11.8 Å². The lowest BCUT2D eigenvalue weighted by Gasteiger charge is -2.13. The Hall–Kier alpha value is -0.430. The van der Waals surface area contributed by atoms with E-state index in [4.69, 9.17) is 4.74 Å². The van der Waals surface area contributed by atoms with E-state index in [1.54, 1.807) is 11.8 Å². The molecule has 102 valence electrons. The molecule has 1 aromatic rings. The first-order chi connectivity index (χ1) is 8.06. The first kappa shape index (κ1) is 17.6. The Bertz CT molecular complexity index is 404. The maximum atomic E-state index is 5.63. The van der Waals surface area contributed by atoms with E-state index in [0.29, 0.717) is 6.61 Å². The van der Waals surface area contributed by atoms with Crippen molar-refractivity contribution in [3.63, 3.8) is 0 Å². The highest BCUT2D eigenvalue weighted by Gasteiger charge is 2.16. The zero-order valence-corrected chi connectivity index (χ0v) is 14.6. The number of benzene rings is 1. The summed E-state index contributed by atoms with van der Waals surface area (Å²) in [5, 5.41) is 1.18. The van der Waals surface area contributed by atoms with Gasteiger partial charge in [0.1, 0.15) is 5.75 Å². The average molecular weight is 380 g/mol. The Kier molecular flexibility index (Phi) is 8.43. The van der Waals surface area contributed by atoms with Crippen LogP contribution < -0.4 is 28.7 Å². The van der Waals surface area contributed by atoms with Gasteiger partial charge in [0.05, 0.1) is 39.7 Å². The van der Waals surface area contributed by atoms with Crippen molar-refractivity contribution in [2.45, 2.75) is 11.8 Å². The van der Waals surface area contributed by atoms with Crippen molar-refractivity contribution in [1.82, 2.24) is 4.90 Å². The molecule has 0 saturated carbocycles. The van der Waals surface area contributed by atoms with E-state index in [0.717, 1.165) is 10.6 Å². The molecule has 1 aromatic carbocycles. The summed E-state index contributed by atoms with van der Waals surface area (Å²) >= 11 is 1.72. The number of halogens is 1. The van der Waals surface area contributed by atoms with Crippen molar-refractivity contribution in [1.29, 1.82) is 0 Å². The zero-order valence-electron chi connectivity index (χ0n) is 11.6. The summed E-state index contributed by atoms with van der Waals surface area (Å²) in [6, 6.07) is 8.13. The van der Waals surface area contributed by atoms with Crippen LogP contribution in [-0.2, 0) is 0 Å². The summed E-state index contributed by atoms with van der Waals surface area (Å²) < 4.78 is 7.73. The first-order valence-electron chi connectivity index (χ1n) is 5.67. The molecule has 0 spiro atoms. The molecule has 0 fully saturated rings. The fourth-order valence-electron chi connectivity index (χ4n) is 1.49. The summed E-state index contributed by atoms with van der Waals surface area (Å²) in [5.41, 5.74) is 0. The van der Waals surface area contributed by atoms with Crippen LogP contribution in [0.2, 0.25) is 0 Å². The molecule has 0 amide bonds. The van der Waals surface area contributed by atoms with E-state index < -0.39 is 0 Å². The van der Waals surface area contributed by atoms with Gasteiger partial charge in [-0.1, -0.05) is 12.1 Å². The van der Waals surface area contributed by atoms with Gasteiger partial charge in [-0.2, -0.15) is 0 Å². The predicted molar refractivity (Wildman–Crippen MR) is 74.3 cm³/mol. The minimum absolute atomic E-state index is 0. The maximum absolute atomic E-state index is 5.63. The van der Waals surface area contributed by atoms with Gasteiger partial charge in [-0.05, 0) is 19.1 Å². The number of thioether (sulfide) groups is 1. The number of amidine groups is 1. The second kappa shape index (κ2) is 8.63. The number of hydrogen-bond acceptors (Lipinski definition) is 2. The van der Waals surface area contributed by atoms with Crippen molar-refractivity contribution >= 4 is 16.9 Å². The quantitative estimate of drug-likeness (QED) is 0.228. The van der Waals surface area contributed by atoms with E-state index in [1.165, 1.54) is 5.17 Å². The van der Waals surface area contributed by atoms with Crippen molar-refractivity contribution in [2.75, 3.05) is 34.8 Å². The molecule has 0 aliphatic heterocycles. The van der Waals surface area contributed by atoms with Crippen LogP contribution in [0.1, 0.15) is 6.92 Å². The summed E-state index contributed by atoms with van der Waals surface area (Å²) in [7, 11) is 8.19. The molecule has 0 atom stereocenters. The molecule has 18 heavy (non-hydrogen) atoms. The zero-order chi connectivity index (χ0) is 12.8. The maximum Gasteiger partial charge on any atom is 0.312 e. The fraction of sp³-hybridized carbons (Fsp3) is 0.462. The molecule has 1 rings (SSSR count). The number of para-hydroxylation sites is 1. The molecule has 0 bridgehead atoms. The van der Waals surface area contributed by atoms with Gasteiger partial charge in [-0.3, -0.25) is 9.48 Å². The molecule has 0 aliphatic carbocycles. The normalized spacial score (nSPS) is 9.39. The second-order valence-corrected chi connectivity index (χ2v) is 5.06. The summed E-state index contributed by atoms with van der Waals surface area (Å²) in [4.78, 5) is 3.25. The molecule has 3 nitrogen and oxygen atoms in total. The Morgan fingerprint density at radius 3 is 2.39 bits per heavy atom. The van der Waals surface area contributed by atoms with Crippen LogP contribution in [0, 0.1) is 0 Å². The topological polar surface area (TPSA) is 15.5 Å². The van der Waals surface area contributed by atoms with Crippen LogP contribution in [0.4, 0.5) is 0 Å². The van der Waals surface area contributed by atoms with Crippen molar-refractivity contribution < 1.29 is 33.3 Å². The highest BCUT2D eigenvalue weighted by Crippen LogP contribution is 2.30. The van der Waals surface area contributed by atoms with Gasteiger partial charge in [-0.15, -0.1) is 0 Å². The largest absolute Gasteiger partial charge is 1.00 e. The van der Waals surface area contributed by atoms with Gasteiger partial charge in [-0.25, -0.2) is 0 Å². The van der Waals surface area contributed by atoms with E-state index >= 15 is 0 Å². The van der Waals surface area contributed by atoms with E-state index in [1.807, 2.05) is 53.3 Å². The molecule has 0 heterocycles. The number of ether oxygens (including phenoxy) is 1. The number of hydrogen-bond donors (Lipinski definition) is 0. The summed E-state index contributed by atoms with van der Waals surface area (Å²) in [6.07, 6.45) is 0. The van der Waals surface area contributed by atoms with Gasteiger partial charge in [0.25, 0.3) is 0 Å². The van der Waals surface area contributed by atoms with E-state index in [-0.39, 0.29) is 24.0 Å². The van der Waals surface area contributed by atoms with Crippen LogP contribution in [0.3, 0.4) is 0 Å². The standard InChI is InChI=1S/C13H21N2OS.HI/c1-6-16-11-9-7-8-10-12(11)17-13(14(2)3)15(4)5;/h7-10H,6H2,1-5H3;1H/q+1;/p-1. The molecule has 5 heteroatoms. The van der Waals surface area contributed by atoms with Gasteiger partial charge in [0.2, 0.25) is 0 Å². The second-order valence-electron chi connectivity index (χ2n) is 4.05. The third kappa shape index (κ3) is 5.06. The average Bonchev–Trinajstić information content (AvgIpc) is 2.27. The van der Waals surface area contributed by atoms with Crippen molar-refractivity contribution in [3.05, 3.63) is 24.3 Å². The van der Waals surface area contributed by atoms with Crippen LogP contribution in [0.15, 0.2) is 29.2 Å². The smallest absolute Gasteiger partial charge is 0.312 e. The lowest BCUT2D eigenvalue weighted by atomic mass is 10.3. The third-order valence-corrected chi connectivity index (χ3v) is 3.59. The third-order valence-electron chi connectivity index (χ3n) is 2.12. The molecule has 0 unspecified atom stereocenters. The van der Waals surface area contributed by atoms with Gasteiger partial charge in [0.15, 0.2) is 0 Å². The monoisotopic (exact) mass is 380 g/mol. The SMILES string of the molecule is CCOc1ccccc1SC(N(C)C)=[N+](C)C.[I-]. The molecular weight excluding hydrogens is 359 g/mol. The number of rotatable bonds is 3. The van der Waals surface area contributed by atoms with E-state index in [9.17, 15) is 0 Å². The Balaban J connectivity index is 0.00000289. The van der Waals surface area contributed by atoms with E-state index in [2.05, 4.69) is 15.5 Å². The number of nitrogens with zero attached hydrogens (tertiary/aromatic N) is 2. The molecule has 0 saturated heterocycles. The fourth-order valence-corrected chi connectivity index (χ4v) is 2.43. The predicted octanol–water partition coefficient (Wildman–Crippen LogP) is -0.629. The highest BCUT2D eigenvalue weighted by atomic mass is 127. The Labute approximate surface area is 131 Å². The highest BCUT2D eigenvalue weighted by molar-refractivity contribution is 8.13. The minimum Gasteiger partial charge on any atom is -1.00 e. The van der Waals surface area contributed by atoms with Crippen LogP contribution in [0.25, 0.3) is 0 Å². The molecule has 0 aliphatic rings. The van der Waals surface area contributed by atoms with Crippen LogP contribution >= 0.6 is 11.8 Å².